The van der Waals surface area contributed by atoms with Crippen LogP contribution in [0.1, 0.15) is 43.7 Å². The zero-order chi connectivity index (χ0) is 18.0. The van der Waals surface area contributed by atoms with Gasteiger partial charge in [-0.15, -0.1) is 0 Å². The van der Waals surface area contributed by atoms with Crippen LogP contribution in [0, 0.1) is 0 Å². The number of benzene rings is 1. The Morgan fingerprint density at radius 1 is 1.20 bits per heavy atom. The van der Waals surface area contributed by atoms with Crippen molar-refractivity contribution < 1.29 is 14.3 Å². The lowest BCUT2D eigenvalue weighted by Crippen LogP contribution is -2.31. The molecule has 0 atom stereocenters. The quantitative estimate of drug-likeness (QED) is 0.822. The smallest absolute Gasteiger partial charge is 0.341 e. The molecule has 0 unspecified atom stereocenters. The Kier molecular flexibility index (Phi) is 4.49. The lowest BCUT2D eigenvalue weighted by Gasteiger charge is -2.30. The molecule has 1 aromatic carbocycles. The molecule has 5 heteroatoms. The van der Waals surface area contributed by atoms with Gasteiger partial charge in [-0.25, -0.2) is 9.78 Å². The second-order valence-corrected chi connectivity index (χ2v) is 6.54. The van der Waals surface area contributed by atoms with Gasteiger partial charge in [-0.3, -0.25) is 0 Å². The normalized spacial score (nSPS) is 14.8. The molecule has 0 radical (unpaired) electrons. The molecule has 0 fully saturated rings. The summed E-state index contributed by atoms with van der Waals surface area (Å²) in [7, 11) is 0. The van der Waals surface area contributed by atoms with Crippen LogP contribution in [0.5, 0.6) is 11.6 Å². The van der Waals surface area contributed by atoms with Crippen molar-refractivity contribution in [2.45, 2.75) is 33.2 Å². The Labute approximate surface area is 147 Å². The van der Waals surface area contributed by atoms with Crippen LogP contribution < -0.4 is 10.1 Å². The van der Waals surface area contributed by atoms with Gasteiger partial charge in [0.05, 0.1) is 23.5 Å². The third-order valence-electron chi connectivity index (χ3n) is 3.87. The van der Waals surface area contributed by atoms with Crippen molar-refractivity contribution in [1.82, 2.24) is 4.98 Å². The van der Waals surface area contributed by atoms with Gasteiger partial charge in [0.1, 0.15) is 11.3 Å². The number of esters is 1. The topological polar surface area (TPSA) is 60.5 Å². The summed E-state index contributed by atoms with van der Waals surface area (Å²) in [5.41, 5.74) is 3.18. The molecular formula is C20H22N2O3. The van der Waals surface area contributed by atoms with E-state index in [0.717, 1.165) is 17.0 Å². The first-order chi connectivity index (χ1) is 11.9. The highest BCUT2D eigenvalue weighted by Crippen LogP contribution is 2.34. The average Bonchev–Trinajstić information content (AvgIpc) is 2.55. The van der Waals surface area contributed by atoms with Crippen molar-refractivity contribution in [2.24, 2.45) is 0 Å². The second-order valence-electron chi connectivity index (χ2n) is 6.54. The molecule has 1 aliphatic heterocycles. The maximum atomic E-state index is 12.1. The van der Waals surface area contributed by atoms with E-state index in [1.165, 1.54) is 0 Å². The Morgan fingerprint density at radius 2 is 1.96 bits per heavy atom. The Bertz CT molecular complexity index is 841. The number of fused-ring (bicyclic) bond motifs is 1. The number of hydrogen-bond donors (Lipinski definition) is 1. The monoisotopic (exact) mass is 338 g/mol. The number of rotatable bonds is 4. The van der Waals surface area contributed by atoms with E-state index < -0.39 is 5.97 Å². The van der Waals surface area contributed by atoms with Gasteiger partial charge < -0.3 is 14.8 Å². The fourth-order valence-electron chi connectivity index (χ4n) is 2.94. The van der Waals surface area contributed by atoms with Gasteiger partial charge >= 0.3 is 5.97 Å². The van der Waals surface area contributed by atoms with Crippen molar-refractivity contribution in [3.05, 3.63) is 53.7 Å². The molecule has 1 aromatic heterocycles. The number of anilines is 1. The van der Waals surface area contributed by atoms with E-state index in [2.05, 4.69) is 30.2 Å². The number of allylic oxidation sites excluding steroid dienone is 1. The van der Waals surface area contributed by atoms with E-state index in [4.69, 9.17) is 9.47 Å². The predicted octanol–water partition coefficient (Wildman–Crippen LogP) is 4.66. The van der Waals surface area contributed by atoms with Gasteiger partial charge in [0, 0.05) is 6.07 Å². The molecule has 130 valence electrons. The first-order valence-electron chi connectivity index (χ1n) is 8.32. The maximum absolute atomic E-state index is 12.1. The van der Waals surface area contributed by atoms with E-state index in [-0.39, 0.29) is 5.54 Å². The van der Waals surface area contributed by atoms with Crippen LogP contribution in [-0.2, 0) is 4.74 Å². The molecule has 25 heavy (non-hydrogen) atoms. The molecule has 2 aromatic rings. The summed E-state index contributed by atoms with van der Waals surface area (Å²) < 4.78 is 11.0. The Hall–Kier alpha value is -2.82. The Morgan fingerprint density at radius 3 is 2.72 bits per heavy atom. The maximum Gasteiger partial charge on any atom is 0.341 e. The van der Waals surface area contributed by atoms with Gasteiger partial charge in [0.2, 0.25) is 5.88 Å². The lowest BCUT2D eigenvalue weighted by atomic mass is 9.94. The lowest BCUT2D eigenvalue weighted by molar-refractivity contribution is 0.0523. The summed E-state index contributed by atoms with van der Waals surface area (Å²) in [4.78, 5) is 16.7. The van der Waals surface area contributed by atoms with Crippen LogP contribution >= 0.6 is 0 Å². The number of pyridine rings is 1. The molecule has 0 saturated heterocycles. The first kappa shape index (κ1) is 17.0. The number of nitrogens with zero attached hydrogens (tertiary/aromatic N) is 1. The molecule has 0 saturated carbocycles. The summed E-state index contributed by atoms with van der Waals surface area (Å²) in [6, 6.07) is 10.7. The van der Waals surface area contributed by atoms with Crippen molar-refractivity contribution in [1.29, 1.82) is 0 Å². The number of carbonyl (C=O) groups is 1. The number of carbonyl (C=O) groups excluding carboxylic acids is 1. The van der Waals surface area contributed by atoms with Crippen LogP contribution in [0.2, 0.25) is 0 Å². The molecular weight excluding hydrogens is 316 g/mol. The van der Waals surface area contributed by atoms with Gasteiger partial charge in [-0.05, 0) is 51.5 Å². The summed E-state index contributed by atoms with van der Waals surface area (Å²) in [5, 5.41) is 3.44. The minimum absolute atomic E-state index is 0.113. The van der Waals surface area contributed by atoms with Gasteiger partial charge in [0.15, 0.2) is 0 Å². The first-order valence-corrected chi connectivity index (χ1v) is 8.32. The minimum Gasteiger partial charge on any atom is -0.462 e. The highest BCUT2D eigenvalue weighted by atomic mass is 16.5. The number of nitrogens with one attached hydrogen (secondary N) is 1. The molecule has 2 heterocycles. The average molecular weight is 338 g/mol. The fraction of sp³-hybridized carbons (Fsp3) is 0.300. The molecule has 3 rings (SSSR count). The van der Waals surface area contributed by atoms with E-state index in [1.54, 1.807) is 31.2 Å². The minimum atomic E-state index is -0.407. The number of hydrogen-bond acceptors (Lipinski definition) is 5. The predicted molar refractivity (Wildman–Crippen MR) is 98.1 cm³/mol. The molecule has 5 nitrogen and oxygen atoms in total. The molecule has 1 N–H and O–H groups in total. The summed E-state index contributed by atoms with van der Waals surface area (Å²) in [6.07, 6.45) is 2.14. The van der Waals surface area contributed by atoms with Crippen LogP contribution in [0.15, 0.2) is 42.5 Å². The standard InChI is InChI=1S/C20H22N2O3/c1-5-24-19(23)14-8-6-7-9-16(14)25-17-11-10-15-18(21-17)13(2)12-20(3,4)22-15/h6-12,22H,5H2,1-4H3. The zero-order valence-corrected chi connectivity index (χ0v) is 14.9. The third-order valence-corrected chi connectivity index (χ3v) is 3.87. The zero-order valence-electron chi connectivity index (χ0n) is 14.9. The van der Waals surface area contributed by atoms with E-state index in [1.807, 2.05) is 19.1 Å². The highest BCUT2D eigenvalue weighted by Gasteiger charge is 2.24. The fourth-order valence-corrected chi connectivity index (χ4v) is 2.94. The van der Waals surface area contributed by atoms with E-state index in [9.17, 15) is 4.79 Å². The van der Waals surface area contributed by atoms with Gasteiger partial charge in [-0.2, -0.15) is 0 Å². The van der Waals surface area contributed by atoms with E-state index in [0.29, 0.717) is 23.8 Å². The number of aromatic nitrogens is 1. The second kappa shape index (κ2) is 6.59. The third kappa shape index (κ3) is 3.65. The summed E-state index contributed by atoms with van der Waals surface area (Å²) in [5.74, 6) is 0.458. The molecule has 0 aliphatic carbocycles. The van der Waals surface area contributed by atoms with Crippen molar-refractivity contribution in [3.8, 4) is 11.6 Å². The molecule has 0 spiro atoms. The van der Waals surface area contributed by atoms with Crippen LogP contribution in [0.3, 0.4) is 0 Å². The van der Waals surface area contributed by atoms with Gasteiger partial charge in [0.25, 0.3) is 0 Å². The largest absolute Gasteiger partial charge is 0.462 e. The number of ether oxygens (including phenoxy) is 2. The van der Waals surface area contributed by atoms with Crippen LogP contribution in [-0.4, -0.2) is 23.1 Å². The highest BCUT2D eigenvalue weighted by molar-refractivity contribution is 5.92. The van der Waals surface area contributed by atoms with Crippen molar-refractivity contribution >= 4 is 17.2 Å². The SMILES string of the molecule is CCOC(=O)c1ccccc1Oc1ccc2c(n1)C(C)=CC(C)(C)N2. The molecule has 0 amide bonds. The Balaban J connectivity index is 1.91. The van der Waals surface area contributed by atoms with Gasteiger partial charge in [-0.1, -0.05) is 18.2 Å². The van der Waals surface area contributed by atoms with Crippen molar-refractivity contribution in [3.63, 3.8) is 0 Å². The summed E-state index contributed by atoms with van der Waals surface area (Å²) >= 11 is 0. The number of para-hydroxylation sites is 1. The van der Waals surface area contributed by atoms with Crippen LogP contribution in [0.4, 0.5) is 5.69 Å². The molecule has 0 bridgehead atoms. The summed E-state index contributed by atoms with van der Waals surface area (Å²) in [6.45, 7) is 8.34. The van der Waals surface area contributed by atoms with Crippen LogP contribution in [0.25, 0.3) is 5.57 Å². The van der Waals surface area contributed by atoms with E-state index >= 15 is 0 Å². The molecule has 1 aliphatic rings. The van der Waals surface area contributed by atoms with Crippen molar-refractivity contribution in [2.75, 3.05) is 11.9 Å².